The van der Waals surface area contributed by atoms with Crippen molar-refractivity contribution in [1.82, 2.24) is 5.32 Å². The Hall–Kier alpha value is -1.32. The molecule has 3 heteroatoms. The lowest BCUT2D eigenvalue weighted by Crippen LogP contribution is -2.12. The molecule has 0 spiro atoms. The van der Waals surface area contributed by atoms with Crippen molar-refractivity contribution in [2.24, 2.45) is 0 Å². The van der Waals surface area contributed by atoms with Crippen molar-refractivity contribution in [2.45, 2.75) is 26.9 Å². The second kappa shape index (κ2) is 5.34. The topological polar surface area (TPSA) is 32.3 Å². The number of aryl methyl sites for hydroxylation is 2. The van der Waals surface area contributed by atoms with Crippen molar-refractivity contribution in [2.75, 3.05) is 0 Å². The summed E-state index contributed by atoms with van der Waals surface area (Å²) in [5.41, 5.74) is 2.29. The first-order valence-electron chi connectivity index (χ1n) is 5.70. The van der Waals surface area contributed by atoms with Gasteiger partial charge in [0.25, 0.3) is 0 Å². The van der Waals surface area contributed by atoms with Crippen LogP contribution < -0.4 is 5.32 Å². The molecule has 0 unspecified atom stereocenters. The van der Waals surface area contributed by atoms with Gasteiger partial charge >= 0.3 is 0 Å². The van der Waals surface area contributed by atoms with Gasteiger partial charge in [-0.2, -0.15) is 0 Å². The number of thiophene rings is 1. The van der Waals surface area contributed by atoms with Gasteiger partial charge in [-0.15, -0.1) is 11.3 Å². The molecule has 17 heavy (non-hydrogen) atoms. The van der Waals surface area contributed by atoms with Crippen LogP contribution in [-0.4, -0.2) is 5.11 Å². The van der Waals surface area contributed by atoms with Crippen molar-refractivity contribution in [1.29, 1.82) is 0 Å². The maximum absolute atomic E-state index is 9.63. The maximum Gasteiger partial charge on any atom is 0.120 e. The van der Waals surface area contributed by atoms with Crippen LogP contribution in [0, 0.1) is 13.8 Å². The number of nitrogens with one attached hydrogen (secondary N) is 1. The Kier molecular flexibility index (Phi) is 3.82. The zero-order valence-electron chi connectivity index (χ0n) is 10.2. The third-order valence-electron chi connectivity index (χ3n) is 2.77. The monoisotopic (exact) mass is 247 g/mol. The van der Waals surface area contributed by atoms with E-state index in [1.54, 1.807) is 6.07 Å². The molecule has 0 aliphatic carbocycles. The van der Waals surface area contributed by atoms with E-state index in [1.165, 1.54) is 15.3 Å². The van der Waals surface area contributed by atoms with E-state index in [2.05, 4.69) is 25.2 Å². The predicted molar refractivity (Wildman–Crippen MR) is 72.4 cm³/mol. The van der Waals surface area contributed by atoms with Crippen LogP contribution >= 0.6 is 11.3 Å². The van der Waals surface area contributed by atoms with Crippen LogP contribution in [0.15, 0.2) is 30.3 Å². The number of phenolic OH excluding ortho intramolecular Hbond substituents is 1. The van der Waals surface area contributed by atoms with E-state index in [1.807, 2.05) is 29.5 Å². The lowest BCUT2D eigenvalue weighted by Gasteiger charge is -2.06. The van der Waals surface area contributed by atoms with Crippen molar-refractivity contribution in [3.63, 3.8) is 0 Å². The molecule has 0 fully saturated rings. The predicted octanol–water partition coefficient (Wildman–Crippen LogP) is 3.36. The Labute approximate surface area is 106 Å². The van der Waals surface area contributed by atoms with Crippen LogP contribution in [0.3, 0.4) is 0 Å². The summed E-state index contributed by atoms with van der Waals surface area (Å²) in [5, 5.41) is 13.0. The first-order valence-corrected chi connectivity index (χ1v) is 6.52. The molecule has 0 aliphatic rings. The highest BCUT2D eigenvalue weighted by atomic mass is 32.1. The van der Waals surface area contributed by atoms with E-state index < -0.39 is 0 Å². The molecule has 1 heterocycles. The number of benzene rings is 1. The summed E-state index contributed by atoms with van der Waals surface area (Å²) in [6, 6.07) is 9.66. The molecular formula is C14H17NOS. The van der Waals surface area contributed by atoms with E-state index in [0.29, 0.717) is 12.3 Å². The van der Waals surface area contributed by atoms with Crippen LogP contribution in [0.4, 0.5) is 0 Å². The molecule has 0 radical (unpaired) electrons. The largest absolute Gasteiger partial charge is 0.508 e. The summed E-state index contributed by atoms with van der Waals surface area (Å²) in [5.74, 6) is 0.359. The fourth-order valence-electron chi connectivity index (χ4n) is 1.85. The minimum Gasteiger partial charge on any atom is -0.508 e. The highest BCUT2D eigenvalue weighted by Gasteiger charge is 2.03. The second-order valence-electron chi connectivity index (χ2n) is 4.17. The summed E-state index contributed by atoms with van der Waals surface area (Å²) < 4.78 is 0. The summed E-state index contributed by atoms with van der Waals surface area (Å²) in [6.07, 6.45) is 0. The average Bonchev–Trinajstić information content (AvgIpc) is 2.60. The van der Waals surface area contributed by atoms with Gasteiger partial charge < -0.3 is 10.4 Å². The zero-order chi connectivity index (χ0) is 12.3. The Bertz CT molecular complexity index is 505. The summed E-state index contributed by atoms with van der Waals surface area (Å²) in [4.78, 5) is 2.72. The van der Waals surface area contributed by atoms with Crippen molar-refractivity contribution < 1.29 is 5.11 Å². The number of para-hydroxylation sites is 1. The minimum absolute atomic E-state index is 0.359. The van der Waals surface area contributed by atoms with E-state index in [4.69, 9.17) is 0 Å². The van der Waals surface area contributed by atoms with Crippen molar-refractivity contribution in [3.8, 4) is 5.75 Å². The number of rotatable bonds is 4. The molecule has 1 aromatic heterocycles. The van der Waals surface area contributed by atoms with E-state index in [0.717, 1.165) is 12.1 Å². The lowest BCUT2D eigenvalue weighted by atomic mass is 10.2. The Morgan fingerprint density at radius 2 is 1.82 bits per heavy atom. The van der Waals surface area contributed by atoms with Gasteiger partial charge in [-0.25, -0.2) is 0 Å². The Morgan fingerprint density at radius 3 is 2.47 bits per heavy atom. The summed E-state index contributed by atoms with van der Waals surface area (Å²) in [7, 11) is 0. The molecule has 0 saturated carbocycles. The third-order valence-corrected chi connectivity index (χ3v) is 3.77. The Balaban J connectivity index is 1.92. The molecule has 0 aliphatic heterocycles. The van der Waals surface area contributed by atoms with Gasteiger partial charge in [0.2, 0.25) is 0 Å². The van der Waals surface area contributed by atoms with Crippen LogP contribution in [0.1, 0.15) is 20.9 Å². The molecule has 0 saturated heterocycles. The molecule has 2 nitrogen and oxygen atoms in total. The molecule has 0 atom stereocenters. The molecule has 90 valence electrons. The first kappa shape index (κ1) is 12.1. The molecular weight excluding hydrogens is 230 g/mol. The first-order chi connectivity index (χ1) is 8.16. The number of hydrogen-bond donors (Lipinski definition) is 2. The fourth-order valence-corrected chi connectivity index (χ4v) is 2.80. The summed E-state index contributed by atoms with van der Waals surface area (Å²) in [6.45, 7) is 5.82. The zero-order valence-corrected chi connectivity index (χ0v) is 11.0. The van der Waals surface area contributed by atoms with Gasteiger partial charge in [-0.05, 0) is 31.5 Å². The number of aromatic hydroxyl groups is 1. The summed E-state index contributed by atoms with van der Waals surface area (Å²) >= 11 is 1.83. The van der Waals surface area contributed by atoms with Crippen LogP contribution in [0.5, 0.6) is 5.75 Å². The molecule has 1 aromatic carbocycles. The normalized spacial score (nSPS) is 10.7. The highest BCUT2D eigenvalue weighted by molar-refractivity contribution is 7.12. The maximum atomic E-state index is 9.63. The number of phenols is 1. The molecule has 2 rings (SSSR count). The van der Waals surface area contributed by atoms with E-state index in [-0.39, 0.29) is 0 Å². The lowest BCUT2D eigenvalue weighted by molar-refractivity contribution is 0.464. The van der Waals surface area contributed by atoms with Gasteiger partial charge in [-0.1, -0.05) is 18.2 Å². The SMILES string of the molecule is Cc1cc(CNCc2ccccc2O)c(C)s1. The van der Waals surface area contributed by atoms with Crippen LogP contribution in [-0.2, 0) is 13.1 Å². The Morgan fingerprint density at radius 1 is 1.12 bits per heavy atom. The third kappa shape index (κ3) is 3.08. The van der Waals surface area contributed by atoms with Gasteiger partial charge in [0.05, 0.1) is 0 Å². The molecule has 0 bridgehead atoms. The van der Waals surface area contributed by atoms with Crippen molar-refractivity contribution >= 4 is 11.3 Å². The standard InChI is InChI=1S/C14H17NOS/c1-10-7-13(11(2)17-10)9-15-8-12-5-3-4-6-14(12)16/h3-7,15-16H,8-9H2,1-2H3. The highest BCUT2D eigenvalue weighted by Crippen LogP contribution is 2.21. The van der Waals surface area contributed by atoms with Gasteiger partial charge in [0.1, 0.15) is 5.75 Å². The van der Waals surface area contributed by atoms with Gasteiger partial charge in [0, 0.05) is 28.4 Å². The van der Waals surface area contributed by atoms with Gasteiger partial charge in [-0.3, -0.25) is 0 Å². The molecule has 2 aromatic rings. The van der Waals surface area contributed by atoms with E-state index >= 15 is 0 Å². The number of hydrogen-bond acceptors (Lipinski definition) is 3. The van der Waals surface area contributed by atoms with Crippen LogP contribution in [0.2, 0.25) is 0 Å². The minimum atomic E-state index is 0.359. The average molecular weight is 247 g/mol. The fraction of sp³-hybridized carbons (Fsp3) is 0.286. The smallest absolute Gasteiger partial charge is 0.120 e. The van der Waals surface area contributed by atoms with Gasteiger partial charge in [0.15, 0.2) is 0 Å². The van der Waals surface area contributed by atoms with Crippen LogP contribution in [0.25, 0.3) is 0 Å². The molecule has 0 amide bonds. The quantitative estimate of drug-likeness (QED) is 0.868. The second-order valence-corrected chi connectivity index (χ2v) is 5.63. The van der Waals surface area contributed by atoms with E-state index in [9.17, 15) is 5.11 Å². The van der Waals surface area contributed by atoms with Crippen molar-refractivity contribution in [3.05, 3.63) is 51.2 Å². The molecule has 2 N–H and O–H groups in total.